The molecule has 0 aliphatic heterocycles. The van der Waals surface area contributed by atoms with Crippen LogP contribution in [-0.2, 0) is 6.54 Å². The number of nitrogens with zero attached hydrogens (tertiary/aromatic N) is 2. The number of ether oxygens (including phenoxy) is 2. The molecule has 0 bridgehead atoms. The van der Waals surface area contributed by atoms with E-state index in [0.717, 1.165) is 48.0 Å². The first-order valence-electron chi connectivity index (χ1n) is 12.6. The fourth-order valence-electron chi connectivity index (χ4n) is 4.96. The average Bonchev–Trinajstić information content (AvgIpc) is 3.09. The Bertz CT molecular complexity index is 1260. The van der Waals surface area contributed by atoms with E-state index >= 15 is 0 Å². The molecule has 1 aliphatic rings. The van der Waals surface area contributed by atoms with Crippen LogP contribution in [0.1, 0.15) is 81.8 Å². The molecule has 1 heterocycles. The number of carbonyl (C=O) groups is 1. The Labute approximate surface area is 207 Å². The number of benzene rings is 2. The first-order chi connectivity index (χ1) is 16.7. The summed E-state index contributed by atoms with van der Waals surface area (Å²) in [5.41, 5.74) is 2.81. The van der Waals surface area contributed by atoms with Crippen LogP contribution in [0, 0.1) is 0 Å². The molecule has 1 amide bonds. The number of aromatic nitrogens is 2. The zero-order valence-electron chi connectivity index (χ0n) is 21.5. The molecule has 1 fully saturated rings. The van der Waals surface area contributed by atoms with Crippen molar-refractivity contribution in [2.75, 3.05) is 13.7 Å². The number of carbonyl (C=O) groups excluding carboxylic acids is 1. The van der Waals surface area contributed by atoms with Gasteiger partial charge in [0.25, 0.3) is 5.91 Å². The van der Waals surface area contributed by atoms with Gasteiger partial charge in [0.2, 0.25) is 0 Å². The molecule has 0 radical (unpaired) electrons. The molecule has 7 heteroatoms. The largest absolute Gasteiger partial charge is 0.496 e. The Morgan fingerprint density at radius 3 is 2.46 bits per heavy atom. The van der Waals surface area contributed by atoms with Crippen LogP contribution >= 0.6 is 0 Å². The number of rotatable bonds is 7. The summed E-state index contributed by atoms with van der Waals surface area (Å²) in [6, 6.07) is 11.5. The second-order valence-corrected chi connectivity index (χ2v) is 10.3. The van der Waals surface area contributed by atoms with E-state index in [1.165, 1.54) is 6.42 Å². The van der Waals surface area contributed by atoms with Crippen LogP contribution in [0.25, 0.3) is 11.0 Å². The van der Waals surface area contributed by atoms with Crippen LogP contribution in [-0.4, -0.2) is 34.3 Å². The highest BCUT2D eigenvalue weighted by atomic mass is 16.5. The lowest BCUT2D eigenvalue weighted by molar-refractivity contribution is 0.0919. The van der Waals surface area contributed by atoms with Crippen LogP contribution in [0.5, 0.6) is 11.5 Å². The molecule has 1 N–H and O–H groups in total. The van der Waals surface area contributed by atoms with Crippen molar-refractivity contribution in [2.45, 2.75) is 77.9 Å². The zero-order chi connectivity index (χ0) is 25.2. The van der Waals surface area contributed by atoms with E-state index in [-0.39, 0.29) is 23.2 Å². The normalized spacial score (nSPS) is 14.8. The van der Waals surface area contributed by atoms with E-state index in [4.69, 9.17) is 9.47 Å². The maximum atomic E-state index is 13.8. The topological polar surface area (TPSA) is 74.5 Å². The second kappa shape index (κ2) is 10.2. The SMILES string of the molecule is CCOc1ccc2c(c1)n(C1CCCCC1)c(=O)n2Cc1ccc(C(=O)NC(C)(C)C)cc1OC. The van der Waals surface area contributed by atoms with E-state index in [2.05, 4.69) is 5.32 Å². The van der Waals surface area contributed by atoms with Crippen molar-refractivity contribution in [2.24, 2.45) is 0 Å². The summed E-state index contributed by atoms with van der Waals surface area (Å²) >= 11 is 0. The Morgan fingerprint density at radius 1 is 1.06 bits per heavy atom. The summed E-state index contributed by atoms with van der Waals surface area (Å²) in [5, 5.41) is 2.98. The second-order valence-electron chi connectivity index (χ2n) is 10.3. The van der Waals surface area contributed by atoms with Gasteiger partial charge in [-0.15, -0.1) is 0 Å². The van der Waals surface area contributed by atoms with E-state index in [1.807, 2.05) is 61.1 Å². The summed E-state index contributed by atoms with van der Waals surface area (Å²) < 4.78 is 15.2. The van der Waals surface area contributed by atoms with E-state index in [1.54, 1.807) is 19.2 Å². The lowest BCUT2D eigenvalue weighted by Gasteiger charge is -2.23. The summed E-state index contributed by atoms with van der Waals surface area (Å²) in [6.07, 6.45) is 5.53. The molecule has 0 spiro atoms. The zero-order valence-corrected chi connectivity index (χ0v) is 21.5. The minimum absolute atomic E-state index is 0.0165. The molecule has 1 saturated carbocycles. The smallest absolute Gasteiger partial charge is 0.329 e. The van der Waals surface area contributed by atoms with Crippen LogP contribution in [0.2, 0.25) is 0 Å². The monoisotopic (exact) mass is 479 g/mol. The van der Waals surface area contributed by atoms with Gasteiger partial charge >= 0.3 is 5.69 Å². The summed E-state index contributed by atoms with van der Waals surface area (Å²) in [6.45, 7) is 8.73. The van der Waals surface area contributed by atoms with Crippen LogP contribution in [0.4, 0.5) is 0 Å². The molecule has 1 aromatic heterocycles. The van der Waals surface area contributed by atoms with Crippen molar-refractivity contribution in [1.29, 1.82) is 0 Å². The highest BCUT2D eigenvalue weighted by Crippen LogP contribution is 2.32. The highest BCUT2D eigenvalue weighted by Gasteiger charge is 2.24. The maximum Gasteiger partial charge on any atom is 0.329 e. The molecule has 3 aromatic rings. The minimum atomic E-state index is -0.336. The number of imidazole rings is 1. The quantitative estimate of drug-likeness (QED) is 0.500. The summed E-state index contributed by atoms with van der Waals surface area (Å²) in [5.74, 6) is 1.20. The number of fused-ring (bicyclic) bond motifs is 1. The standard InChI is InChI=1S/C28H37N3O4/c1-6-35-22-14-15-23-24(17-22)31(21-10-8-7-9-11-21)27(33)30(23)18-20-13-12-19(16-25(20)34-5)26(32)29-28(2,3)4/h12-17,21H,6-11,18H2,1-5H3,(H,29,32). The van der Waals surface area contributed by atoms with Gasteiger partial charge in [-0.05, 0) is 64.8 Å². The summed E-state index contributed by atoms with van der Waals surface area (Å²) in [7, 11) is 1.59. The van der Waals surface area contributed by atoms with E-state index < -0.39 is 0 Å². The Hall–Kier alpha value is -3.22. The molecule has 0 saturated heterocycles. The predicted octanol–water partition coefficient (Wildman–Crippen LogP) is 5.29. The van der Waals surface area contributed by atoms with E-state index in [9.17, 15) is 9.59 Å². The van der Waals surface area contributed by atoms with Gasteiger partial charge in [-0.1, -0.05) is 25.3 Å². The molecule has 1 aliphatic carbocycles. The third-order valence-electron chi connectivity index (χ3n) is 6.55. The molecule has 2 aromatic carbocycles. The first kappa shape index (κ1) is 24.9. The average molecular weight is 480 g/mol. The predicted molar refractivity (Wildman–Crippen MR) is 139 cm³/mol. The third-order valence-corrected chi connectivity index (χ3v) is 6.55. The maximum absolute atomic E-state index is 13.8. The van der Waals surface area contributed by atoms with Crippen molar-refractivity contribution in [1.82, 2.24) is 14.5 Å². The number of nitrogens with one attached hydrogen (secondary N) is 1. The van der Waals surface area contributed by atoms with Crippen LogP contribution in [0.15, 0.2) is 41.2 Å². The van der Waals surface area contributed by atoms with Gasteiger partial charge in [0.1, 0.15) is 11.5 Å². The van der Waals surface area contributed by atoms with Crippen LogP contribution < -0.4 is 20.5 Å². The van der Waals surface area contributed by atoms with Gasteiger partial charge in [0, 0.05) is 28.8 Å². The molecule has 7 nitrogen and oxygen atoms in total. The van der Waals surface area contributed by atoms with Crippen molar-refractivity contribution in [3.05, 3.63) is 58.0 Å². The molecule has 35 heavy (non-hydrogen) atoms. The highest BCUT2D eigenvalue weighted by molar-refractivity contribution is 5.95. The van der Waals surface area contributed by atoms with Crippen LogP contribution in [0.3, 0.4) is 0 Å². The van der Waals surface area contributed by atoms with Crippen molar-refractivity contribution >= 4 is 16.9 Å². The number of hydrogen-bond acceptors (Lipinski definition) is 4. The Balaban J connectivity index is 1.75. The molecular weight excluding hydrogens is 442 g/mol. The molecule has 0 atom stereocenters. The van der Waals surface area contributed by atoms with E-state index in [0.29, 0.717) is 24.5 Å². The molecule has 4 rings (SSSR count). The van der Waals surface area contributed by atoms with Gasteiger partial charge < -0.3 is 14.8 Å². The Morgan fingerprint density at radius 2 is 1.80 bits per heavy atom. The van der Waals surface area contributed by atoms with Crippen molar-refractivity contribution in [3.63, 3.8) is 0 Å². The fourth-order valence-corrected chi connectivity index (χ4v) is 4.96. The summed E-state index contributed by atoms with van der Waals surface area (Å²) in [4.78, 5) is 26.4. The Kier molecular flexibility index (Phi) is 7.24. The third kappa shape index (κ3) is 5.39. The minimum Gasteiger partial charge on any atom is -0.496 e. The first-order valence-corrected chi connectivity index (χ1v) is 12.6. The van der Waals surface area contributed by atoms with Gasteiger partial charge in [-0.2, -0.15) is 0 Å². The molecular formula is C28H37N3O4. The number of amides is 1. The lowest BCUT2D eigenvalue weighted by Crippen LogP contribution is -2.40. The van der Waals surface area contributed by atoms with Gasteiger partial charge in [0.05, 0.1) is 31.3 Å². The van der Waals surface area contributed by atoms with Gasteiger partial charge in [-0.3, -0.25) is 13.9 Å². The fraction of sp³-hybridized carbons (Fsp3) is 0.500. The van der Waals surface area contributed by atoms with Gasteiger partial charge in [0.15, 0.2) is 0 Å². The van der Waals surface area contributed by atoms with Crippen molar-refractivity contribution < 1.29 is 14.3 Å². The van der Waals surface area contributed by atoms with Gasteiger partial charge in [-0.25, -0.2) is 4.79 Å². The molecule has 188 valence electrons. The van der Waals surface area contributed by atoms with Crippen molar-refractivity contribution in [3.8, 4) is 11.5 Å². The molecule has 0 unspecified atom stereocenters. The lowest BCUT2D eigenvalue weighted by atomic mass is 9.95. The number of methoxy groups -OCH3 is 1. The number of hydrogen-bond donors (Lipinski definition) is 1.